The molecule has 1 aromatic heterocycles. The van der Waals surface area contributed by atoms with Crippen molar-refractivity contribution >= 4 is 15.9 Å². The van der Waals surface area contributed by atoms with Crippen molar-refractivity contribution in [2.45, 2.75) is 6.54 Å². The monoisotopic (exact) mass is 192 g/mol. The van der Waals surface area contributed by atoms with Gasteiger partial charge in [0, 0.05) is 0 Å². The molecule has 0 saturated heterocycles. The lowest BCUT2D eigenvalue weighted by atomic mass is 10.7. The van der Waals surface area contributed by atoms with Crippen molar-refractivity contribution < 1.29 is 5.11 Å². The molecule has 0 aliphatic rings. The predicted molar refractivity (Wildman–Crippen MR) is 32.6 cm³/mol. The van der Waals surface area contributed by atoms with Gasteiger partial charge in [-0.2, -0.15) is 0 Å². The Labute approximate surface area is 59.8 Å². The van der Waals surface area contributed by atoms with Crippen LogP contribution < -0.4 is 0 Å². The highest BCUT2D eigenvalue weighted by molar-refractivity contribution is 9.10. The SMILES string of the molecule is OCCn1nnnc1Br. The van der Waals surface area contributed by atoms with Crippen LogP contribution in [0.3, 0.4) is 0 Å². The van der Waals surface area contributed by atoms with Crippen LogP contribution in [0.2, 0.25) is 0 Å². The minimum absolute atomic E-state index is 0.0453. The maximum atomic E-state index is 8.43. The Bertz CT molecular complexity index is 188. The smallest absolute Gasteiger partial charge is 0.218 e. The van der Waals surface area contributed by atoms with Crippen LogP contribution in [-0.2, 0) is 6.54 Å². The van der Waals surface area contributed by atoms with Crippen LogP contribution in [0.1, 0.15) is 0 Å². The first-order valence-corrected chi connectivity index (χ1v) is 3.16. The summed E-state index contributed by atoms with van der Waals surface area (Å²) in [6.07, 6.45) is 0. The lowest BCUT2D eigenvalue weighted by molar-refractivity contribution is 0.266. The fourth-order valence-corrected chi connectivity index (χ4v) is 0.745. The molecule has 0 unspecified atom stereocenters. The molecule has 0 aromatic carbocycles. The minimum Gasteiger partial charge on any atom is -0.394 e. The number of halogens is 1. The van der Waals surface area contributed by atoms with Gasteiger partial charge in [0.05, 0.1) is 13.2 Å². The quantitative estimate of drug-likeness (QED) is 0.682. The van der Waals surface area contributed by atoms with Crippen molar-refractivity contribution in [1.82, 2.24) is 20.2 Å². The second-order valence-corrected chi connectivity index (χ2v) is 2.10. The van der Waals surface area contributed by atoms with Crippen molar-refractivity contribution in [2.75, 3.05) is 6.61 Å². The normalized spacial score (nSPS) is 10.0. The first kappa shape index (κ1) is 6.63. The minimum atomic E-state index is 0.0453. The summed E-state index contributed by atoms with van der Waals surface area (Å²) in [5.41, 5.74) is 0. The van der Waals surface area contributed by atoms with Gasteiger partial charge in [0.2, 0.25) is 4.73 Å². The van der Waals surface area contributed by atoms with E-state index in [-0.39, 0.29) is 6.61 Å². The van der Waals surface area contributed by atoms with Gasteiger partial charge < -0.3 is 5.11 Å². The molecule has 0 aliphatic carbocycles. The van der Waals surface area contributed by atoms with Gasteiger partial charge in [-0.25, -0.2) is 4.68 Å². The molecule has 1 N–H and O–H groups in total. The van der Waals surface area contributed by atoms with Gasteiger partial charge in [0.15, 0.2) is 0 Å². The molecule has 0 spiro atoms. The summed E-state index contributed by atoms with van der Waals surface area (Å²) < 4.78 is 2.00. The van der Waals surface area contributed by atoms with Crippen LogP contribution in [0.4, 0.5) is 0 Å². The van der Waals surface area contributed by atoms with Gasteiger partial charge in [-0.15, -0.1) is 5.10 Å². The fourth-order valence-electron chi connectivity index (χ4n) is 0.425. The second-order valence-electron chi connectivity index (χ2n) is 1.39. The number of rotatable bonds is 2. The third kappa shape index (κ3) is 1.46. The van der Waals surface area contributed by atoms with E-state index in [4.69, 9.17) is 5.11 Å². The number of aromatic nitrogens is 4. The summed E-state index contributed by atoms with van der Waals surface area (Å²) in [5, 5.41) is 18.9. The summed E-state index contributed by atoms with van der Waals surface area (Å²) in [6, 6.07) is 0. The van der Waals surface area contributed by atoms with E-state index >= 15 is 0 Å². The summed E-state index contributed by atoms with van der Waals surface area (Å²) >= 11 is 3.08. The lowest BCUT2D eigenvalue weighted by Gasteiger charge is -1.92. The van der Waals surface area contributed by atoms with Gasteiger partial charge >= 0.3 is 0 Å². The Kier molecular flexibility index (Phi) is 2.12. The Morgan fingerprint density at radius 2 is 2.44 bits per heavy atom. The number of tetrazole rings is 1. The van der Waals surface area contributed by atoms with E-state index in [1.165, 1.54) is 4.68 Å². The molecule has 6 heteroatoms. The number of nitrogens with zero attached hydrogens (tertiary/aromatic N) is 4. The highest BCUT2D eigenvalue weighted by atomic mass is 79.9. The number of hydrogen-bond donors (Lipinski definition) is 1. The van der Waals surface area contributed by atoms with Gasteiger partial charge in [0.25, 0.3) is 0 Å². The first-order valence-electron chi connectivity index (χ1n) is 2.37. The topological polar surface area (TPSA) is 63.8 Å². The third-order valence-corrected chi connectivity index (χ3v) is 1.37. The maximum Gasteiger partial charge on any atom is 0.218 e. The molecule has 5 nitrogen and oxygen atoms in total. The molecule has 1 rings (SSSR count). The molecule has 50 valence electrons. The van der Waals surface area contributed by atoms with Crippen LogP contribution in [0.25, 0.3) is 0 Å². The molecule has 0 amide bonds. The van der Waals surface area contributed by atoms with Gasteiger partial charge in [-0.3, -0.25) is 0 Å². The summed E-state index contributed by atoms with van der Waals surface area (Å²) in [7, 11) is 0. The molecule has 0 bridgehead atoms. The highest BCUT2D eigenvalue weighted by Gasteiger charge is 1.97. The molecular weight excluding hydrogens is 188 g/mol. The van der Waals surface area contributed by atoms with Crippen LogP contribution in [0.5, 0.6) is 0 Å². The number of aliphatic hydroxyl groups excluding tert-OH is 1. The summed E-state index contributed by atoms with van der Waals surface area (Å²) in [5.74, 6) is 0. The average Bonchev–Trinajstić information content (AvgIpc) is 2.18. The van der Waals surface area contributed by atoms with E-state index in [1.54, 1.807) is 0 Å². The van der Waals surface area contributed by atoms with Gasteiger partial charge in [0.1, 0.15) is 0 Å². The van der Waals surface area contributed by atoms with E-state index in [9.17, 15) is 0 Å². The Hall–Kier alpha value is -0.490. The van der Waals surface area contributed by atoms with Crippen molar-refractivity contribution in [3.05, 3.63) is 4.73 Å². The highest BCUT2D eigenvalue weighted by Crippen LogP contribution is 1.99. The van der Waals surface area contributed by atoms with Crippen molar-refractivity contribution in [1.29, 1.82) is 0 Å². The lowest BCUT2D eigenvalue weighted by Crippen LogP contribution is -2.03. The Balaban J connectivity index is 2.69. The molecule has 0 fully saturated rings. The zero-order valence-corrected chi connectivity index (χ0v) is 6.11. The average molecular weight is 193 g/mol. The summed E-state index contributed by atoms with van der Waals surface area (Å²) in [6.45, 7) is 0.469. The first-order chi connectivity index (χ1) is 4.34. The standard InChI is InChI=1S/C3H5BrN4O/c4-3-5-6-7-8(3)1-2-9/h9H,1-2H2. The molecule has 0 saturated carbocycles. The van der Waals surface area contributed by atoms with Crippen molar-refractivity contribution in [3.63, 3.8) is 0 Å². The van der Waals surface area contributed by atoms with E-state index in [0.29, 0.717) is 11.3 Å². The van der Waals surface area contributed by atoms with Crippen LogP contribution in [-0.4, -0.2) is 31.9 Å². The summed E-state index contributed by atoms with van der Waals surface area (Å²) in [4.78, 5) is 0. The third-order valence-electron chi connectivity index (χ3n) is 0.800. The largest absolute Gasteiger partial charge is 0.394 e. The van der Waals surface area contributed by atoms with Crippen molar-refractivity contribution in [2.24, 2.45) is 0 Å². The van der Waals surface area contributed by atoms with Crippen LogP contribution in [0, 0.1) is 0 Å². The molecule has 9 heavy (non-hydrogen) atoms. The van der Waals surface area contributed by atoms with E-state index in [0.717, 1.165) is 0 Å². The van der Waals surface area contributed by atoms with E-state index in [1.807, 2.05) is 0 Å². The molecule has 1 heterocycles. The van der Waals surface area contributed by atoms with Gasteiger partial charge in [-0.1, -0.05) is 0 Å². The van der Waals surface area contributed by atoms with Crippen molar-refractivity contribution in [3.8, 4) is 0 Å². The van der Waals surface area contributed by atoms with Crippen LogP contribution >= 0.6 is 15.9 Å². The predicted octanol–water partition coefficient (Wildman–Crippen LogP) is -0.572. The number of aliphatic hydroxyl groups is 1. The Morgan fingerprint density at radius 3 is 2.89 bits per heavy atom. The number of hydrogen-bond acceptors (Lipinski definition) is 4. The van der Waals surface area contributed by atoms with E-state index < -0.39 is 0 Å². The molecule has 0 radical (unpaired) electrons. The molecule has 0 aliphatic heterocycles. The zero-order chi connectivity index (χ0) is 6.69. The second kappa shape index (κ2) is 2.88. The Morgan fingerprint density at radius 1 is 1.67 bits per heavy atom. The molecule has 0 atom stereocenters. The molecular formula is C3H5BrN4O. The van der Waals surface area contributed by atoms with Crippen LogP contribution in [0.15, 0.2) is 4.73 Å². The molecule has 1 aromatic rings. The zero-order valence-electron chi connectivity index (χ0n) is 4.53. The van der Waals surface area contributed by atoms with E-state index in [2.05, 4.69) is 31.5 Å². The fraction of sp³-hybridized carbons (Fsp3) is 0.667. The maximum absolute atomic E-state index is 8.43. The van der Waals surface area contributed by atoms with Gasteiger partial charge in [-0.05, 0) is 26.4 Å².